The first-order valence-electron chi connectivity index (χ1n) is 9.62. The van der Waals surface area contributed by atoms with Crippen LogP contribution in [0, 0.1) is 6.92 Å². The van der Waals surface area contributed by atoms with Gasteiger partial charge in [-0.05, 0) is 24.6 Å². The van der Waals surface area contributed by atoms with Crippen LogP contribution in [0.25, 0.3) is 11.0 Å². The van der Waals surface area contributed by atoms with Crippen molar-refractivity contribution in [3.63, 3.8) is 0 Å². The van der Waals surface area contributed by atoms with Crippen molar-refractivity contribution in [2.24, 2.45) is 5.73 Å². The van der Waals surface area contributed by atoms with Crippen LogP contribution < -0.4 is 10.5 Å². The van der Waals surface area contributed by atoms with Crippen LogP contribution in [0.2, 0.25) is 5.02 Å². The molecule has 0 amide bonds. The quantitative estimate of drug-likeness (QED) is 0.396. The van der Waals surface area contributed by atoms with E-state index in [9.17, 15) is 4.79 Å². The van der Waals surface area contributed by atoms with Crippen molar-refractivity contribution in [1.29, 1.82) is 0 Å². The van der Waals surface area contributed by atoms with Crippen molar-refractivity contribution in [3.05, 3.63) is 52.4 Å². The molecule has 2 heterocycles. The van der Waals surface area contributed by atoms with Crippen LogP contribution >= 0.6 is 11.6 Å². The van der Waals surface area contributed by atoms with E-state index in [0.717, 1.165) is 11.3 Å². The third kappa shape index (κ3) is 5.92. The fourth-order valence-electron chi connectivity index (χ4n) is 2.67. The lowest BCUT2D eigenvalue weighted by molar-refractivity contribution is -0.146. The molecule has 9 nitrogen and oxygen atoms in total. The molecule has 0 aliphatic carbocycles. The minimum atomic E-state index is -1.37. The van der Waals surface area contributed by atoms with Gasteiger partial charge in [-0.3, -0.25) is 9.78 Å². The summed E-state index contributed by atoms with van der Waals surface area (Å²) >= 11 is 6.35. The van der Waals surface area contributed by atoms with Crippen molar-refractivity contribution >= 4 is 28.5 Å². The van der Waals surface area contributed by atoms with Gasteiger partial charge in [0.05, 0.1) is 41.6 Å². The molecule has 0 aliphatic rings. The SMILES string of the molecule is Cc1ccc(COc2cc3onc(CCC(=O)OCC(N)(CO)CO)c3cc2Cl)nc1. The van der Waals surface area contributed by atoms with Gasteiger partial charge in [-0.1, -0.05) is 22.8 Å². The van der Waals surface area contributed by atoms with Gasteiger partial charge in [-0.15, -0.1) is 0 Å². The Labute approximate surface area is 183 Å². The zero-order valence-electron chi connectivity index (χ0n) is 17.0. The molecule has 0 saturated heterocycles. The second-order valence-corrected chi connectivity index (χ2v) is 7.77. The number of hydrogen-bond donors (Lipinski definition) is 3. The summed E-state index contributed by atoms with van der Waals surface area (Å²) in [4.78, 5) is 16.3. The van der Waals surface area contributed by atoms with Gasteiger partial charge in [0.2, 0.25) is 0 Å². The minimum Gasteiger partial charge on any atom is -0.486 e. The molecule has 0 aliphatic heterocycles. The van der Waals surface area contributed by atoms with Gasteiger partial charge in [0.25, 0.3) is 0 Å². The van der Waals surface area contributed by atoms with Gasteiger partial charge in [-0.2, -0.15) is 0 Å². The number of aliphatic hydroxyl groups is 2. The van der Waals surface area contributed by atoms with Gasteiger partial charge >= 0.3 is 5.97 Å². The van der Waals surface area contributed by atoms with Gasteiger partial charge in [0.15, 0.2) is 5.58 Å². The van der Waals surface area contributed by atoms with Gasteiger partial charge in [0.1, 0.15) is 19.0 Å². The van der Waals surface area contributed by atoms with Crippen LogP contribution in [0.4, 0.5) is 0 Å². The standard InChI is InChI=1S/C21H24ClN3O6/c1-13-2-3-14(24-8-13)9-29-19-7-18-15(6-16(19)22)17(25-31-18)4-5-20(28)30-12-21(23,10-26)11-27/h2-3,6-8,26-27H,4-5,9-12,23H2,1H3. The number of rotatable bonds is 10. The van der Waals surface area contributed by atoms with E-state index in [4.69, 9.17) is 41.5 Å². The summed E-state index contributed by atoms with van der Waals surface area (Å²) in [5, 5.41) is 23.3. The summed E-state index contributed by atoms with van der Waals surface area (Å²) in [6.07, 6.45) is 2.04. The number of pyridine rings is 1. The largest absolute Gasteiger partial charge is 0.486 e. The Morgan fingerprint density at radius 1 is 1.29 bits per heavy atom. The van der Waals surface area contributed by atoms with Gasteiger partial charge in [-0.25, -0.2) is 0 Å². The van der Waals surface area contributed by atoms with Crippen LogP contribution in [0.1, 0.15) is 23.4 Å². The van der Waals surface area contributed by atoms with E-state index in [1.165, 1.54) is 0 Å². The monoisotopic (exact) mass is 449 g/mol. The summed E-state index contributed by atoms with van der Waals surface area (Å²) in [6.45, 7) is 0.907. The number of fused-ring (bicyclic) bond motifs is 1. The van der Waals surface area contributed by atoms with Crippen LogP contribution in [0.5, 0.6) is 5.75 Å². The van der Waals surface area contributed by atoms with Crippen LogP contribution in [0.3, 0.4) is 0 Å². The number of benzene rings is 1. The molecule has 166 valence electrons. The highest BCUT2D eigenvalue weighted by Crippen LogP contribution is 2.32. The molecule has 2 aromatic heterocycles. The Balaban J connectivity index is 1.61. The first-order valence-corrected chi connectivity index (χ1v) is 10.00. The number of esters is 1. The maximum atomic E-state index is 12.0. The number of nitrogens with two attached hydrogens (primary N) is 1. The predicted molar refractivity (Wildman–Crippen MR) is 113 cm³/mol. The average molecular weight is 450 g/mol. The molecular formula is C21H24ClN3O6. The van der Waals surface area contributed by atoms with Crippen molar-refractivity contribution in [1.82, 2.24) is 10.1 Å². The molecule has 0 fully saturated rings. The molecule has 0 unspecified atom stereocenters. The summed E-state index contributed by atoms with van der Waals surface area (Å²) in [6, 6.07) is 7.15. The molecule has 3 rings (SSSR count). The molecule has 0 atom stereocenters. The number of halogens is 1. The van der Waals surface area contributed by atoms with Gasteiger partial charge in [0, 0.05) is 24.1 Å². The van der Waals surface area contributed by atoms with E-state index >= 15 is 0 Å². The fraction of sp³-hybridized carbons (Fsp3) is 0.381. The number of carbonyl (C=O) groups excluding carboxylic acids is 1. The predicted octanol–water partition coefficient (Wildman–Crippen LogP) is 1.92. The zero-order chi connectivity index (χ0) is 22.4. The lowest BCUT2D eigenvalue weighted by Gasteiger charge is -2.23. The lowest BCUT2D eigenvalue weighted by Crippen LogP contribution is -2.51. The Morgan fingerprint density at radius 2 is 2.06 bits per heavy atom. The summed E-state index contributed by atoms with van der Waals surface area (Å²) in [5.74, 6) is -0.101. The summed E-state index contributed by atoms with van der Waals surface area (Å²) in [7, 11) is 0. The highest BCUT2D eigenvalue weighted by molar-refractivity contribution is 6.32. The van der Waals surface area contributed by atoms with E-state index in [1.54, 1.807) is 18.3 Å². The normalized spacial score (nSPS) is 11.6. The maximum Gasteiger partial charge on any atom is 0.306 e. The second kappa shape index (κ2) is 10.1. The molecule has 31 heavy (non-hydrogen) atoms. The average Bonchev–Trinajstić information content (AvgIpc) is 3.17. The minimum absolute atomic E-state index is 0.0174. The first-order chi connectivity index (χ1) is 14.8. The topological polar surface area (TPSA) is 141 Å². The van der Waals surface area contributed by atoms with Crippen LogP contribution in [-0.2, 0) is 22.6 Å². The van der Waals surface area contributed by atoms with Crippen molar-refractivity contribution < 1.29 is 29.0 Å². The summed E-state index contributed by atoms with van der Waals surface area (Å²) < 4.78 is 16.1. The number of aliphatic hydroxyl groups excluding tert-OH is 2. The van der Waals surface area contributed by atoms with E-state index < -0.39 is 24.7 Å². The number of ether oxygens (including phenoxy) is 2. The fourth-order valence-corrected chi connectivity index (χ4v) is 2.89. The molecule has 10 heteroatoms. The molecule has 1 aromatic carbocycles. The van der Waals surface area contributed by atoms with E-state index in [1.807, 2.05) is 19.1 Å². The molecular weight excluding hydrogens is 426 g/mol. The van der Waals surface area contributed by atoms with E-state index in [-0.39, 0.29) is 26.1 Å². The molecule has 0 spiro atoms. The van der Waals surface area contributed by atoms with Crippen molar-refractivity contribution in [3.8, 4) is 5.75 Å². The highest BCUT2D eigenvalue weighted by atomic mass is 35.5. The second-order valence-electron chi connectivity index (χ2n) is 7.36. The molecule has 0 saturated carbocycles. The third-order valence-corrected chi connectivity index (χ3v) is 4.96. The Kier molecular flexibility index (Phi) is 7.45. The van der Waals surface area contributed by atoms with Crippen LogP contribution in [-0.4, -0.2) is 51.7 Å². The Hall–Kier alpha value is -2.72. The van der Waals surface area contributed by atoms with Crippen LogP contribution in [0.15, 0.2) is 35.0 Å². The number of aryl methyl sites for hydroxylation is 2. The lowest BCUT2D eigenvalue weighted by atomic mass is 10.1. The van der Waals surface area contributed by atoms with Crippen molar-refractivity contribution in [2.45, 2.75) is 31.9 Å². The van der Waals surface area contributed by atoms with E-state index in [2.05, 4.69) is 10.1 Å². The smallest absolute Gasteiger partial charge is 0.306 e. The summed E-state index contributed by atoms with van der Waals surface area (Å²) in [5.41, 5.74) is 7.15. The molecule has 0 radical (unpaired) electrons. The molecule has 4 N–H and O–H groups in total. The Bertz CT molecular complexity index is 1030. The number of hydrogen-bond acceptors (Lipinski definition) is 9. The van der Waals surface area contributed by atoms with Crippen molar-refractivity contribution in [2.75, 3.05) is 19.8 Å². The number of carbonyl (C=O) groups is 1. The first kappa shape index (κ1) is 23.0. The molecule has 0 bridgehead atoms. The van der Waals surface area contributed by atoms with E-state index in [0.29, 0.717) is 27.4 Å². The molecule has 3 aromatic rings. The van der Waals surface area contributed by atoms with Gasteiger partial charge < -0.3 is 29.9 Å². The number of aromatic nitrogens is 2. The highest BCUT2D eigenvalue weighted by Gasteiger charge is 2.25. The third-order valence-electron chi connectivity index (χ3n) is 4.66. The maximum absolute atomic E-state index is 12.0. The zero-order valence-corrected chi connectivity index (χ0v) is 17.8. The number of nitrogens with zero attached hydrogens (tertiary/aromatic N) is 2. The Morgan fingerprint density at radius 3 is 2.74 bits per heavy atom.